The van der Waals surface area contributed by atoms with Gasteiger partial charge in [-0.3, -0.25) is 5.01 Å². The van der Waals surface area contributed by atoms with E-state index in [1.807, 2.05) is 30.3 Å². The summed E-state index contributed by atoms with van der Waals surface area (Å²) in [5, 5.41) is 5.75. The maximum Gasteiger partial charge on any atom is 0.389 e. The van der Waals surface area contributed by atoms with Gasteiger partial charge in [0.25, 0.3) is 0 Å². The molecule has 0 spiro atoms. The fraction of sp³-hybridized carbons (Fsp3) is 0.500. The van der Waals surface area contributed by atoms with Crippen molar-refractivity contribution in [3.8, 4) is 0 Å². The number of esters is 1. The van der Waals surface area contributed by atoms with Crippen molar-refractivity contribution in [2.75, 3.05) is 13.2 Å². The van der Waals surface area contributed by atoms with Gasteiger partial charge in [-0.15, -0.1) is 0 Å². The van der Waals surface area contributed by atoms with Gasteiger partial charge in [-0.2, -0.15) is 18.3 Å². The third-order valence-corrected chi connectivity index (χ3v) is 3.54. The highest BCUT2D eigenvalue weighted by Gasteiger charge is 2.33. The van der Waals surface area contributed by atoms with Crippen LogP contribution in [-0.2, 0) is 9.53 Å². The van der Waals surface area contributed by atoms with Gasteiger partial charge in [-0.1, -0.05) is 30.3 Å². The predicted octanol–water partition coefficient (Wildman–Crippen LogP) is 3.70. The van der Waals surface area contributed by atoms with Gasteiger partial charge in [-0.25, -0.2) is 4.79 Å². The monoisotopic (exact) mass is 328 g/mol. The first-order valence-electron chi connectivity index (χ1n) is 7.53. The smallest absolute Gasteiger partial charge is 0.389 e. The van der Waals surface area contributed by atoms with Gasteiger partial charge < -0.3 is 4.74 Å². The van der Waals surface area contributed by atoms with Crippen molar-refractivity contribution in [1.29, 1.82) is 0 Å². The predicted molar refractivity (Wildman–Crippen MR) is 79.9 cm³/mol. The molecule has 0 fully saturated rings. The van der Waals surface area contributed by atoms with Gasteiger partial charge in [0.15, 0.2) is 0 Å². The van der Waals surface area contributed by atoms with E-state index in [-0.39, 0.29) is 31.3 Å². The normalized spacial score (nSPS) is 18.0. The minimum Gasteiger partial charge on any atom is -0.461 e. The number of hydrazone groups is 1. The molecule has 1 aliphatic rings. The standard InChI is InChI=1S/C16H19F3N2O2/c1-2-23-15(22)13-11-14(12-7-4-3-5-8-12)21(20-13)10-6-9-16(17,18)19/h3-5,7-8,14H,2,6,9-11H2,1H3. The molecule has 1 atom stereocenters. The van der Waals surface area contributed by atoms with Crippen molar-refractivity contribution < 1.29 is 22.7 Å². The zero-order valence-electron chi connectivity index (χ0n) is 12.8. The summed E-state index contributed by atoms with van der Waals surface area (Å²) in [7, 11) is 0. The molecular weight excluding hydrogens is 309 g/mol. The molecule has 0 N–H and O–H groups in total. The van der Waals surface area contributed by atoms with Gasteiger partial charge in [0.2, 0.25) is 0 Å². The molecule has 0 radical (unpaired) electrons. The molecule has 1 aromatic rings. The van der Waals surface area contributed by atoms with Crippen molar-refractivity contribution in [3.05, 3.63) is 35.9 Å². The van der Waals surface area contributed by atoms with Crippen molar-refractivity contribution in [2.24, 2.45) is 5.10 Å². The summed E-state index contributed by atoms with van der Waals surface area (Å²) in [5.74, 6) is -0.508. The Morgan fingerprint density at radius 3 is 2.65 bits per heavy atom. The molecule has 0 saturated heterocycles. The van der Waals surface area contributed by atoms with Crippen molar-refractivity contribution >= 4 is 11.7 Å². The number of hydrogen-bond acceptors (Lipinski definition) is 4. The Morgan fingerprint density at radius 1 is 1.35 bits per heavy atom. The van der Waals surface area contributed by atoms with Gasteiger partial charge in [0.1, 0.15) is 5.71 Å². The fourth-order valence-electron chi connectivity index (χ4n) is 2.51. The van der Waals surface area contributed by atoms with Gasteiger partial charge in [-0.05, 0) is 18.9 Å². The Hall–Kier alpha value is -2.05. The van der Waals surface area contributed by atoms with Gasteiger partial charge in [0, 0.05) is 19.4 Å². The van der Waals surface area contributed by atoms with E-state index in [0.717, 1.165) is 5.56 Å². The number of alkyl halides is 3. The van der Waals surface area contributed by atoms with E-state index in [9.17, 15) is 18.0 Å². The number of hydrogen-bond donors (Lipinski definition) is 0. The number of benzene rings is 1. The number of ether oxygens (including phenoxy) is 1. The average molecular weight is 328 g/mol. The zero-order chi connectivity index (χ0) is 16.9. The van der Waals surface area contributed by atoms with E-state index in [1.165, 1.54) is 0 Å². The second kappa shape index (κ2) is 7.48. The quantitative estimate of drug-likeness (QED) is 0.748. The summed E-state index contributed by atoms with van der Waals surface area (Å²) >= 11 is 0. The van der Waals surface area contributed by atoms with Crippen LogP contribution in [0, 0.1) is 0 Å². The van der Waals surface area contributed by atoms with E-state index in [4.69, 9.17) is 4.74 Å². The van der Waals surface area contributed by atoms with Crippen LogP contribution in [0.25, 0.3) is 0 Å². The van der Waals surface area contributed by atoms with Crippen molar-refractivity contribution in [2.45, 2.75) is 38.4 Å². The number of carbonyl (C=O) groups excluding carboxylic acids is 1. The van der Waals surface area contributed by atoms with E-state index >= 15 is 0 Å². The van der Waals surface area contributed by atoms with Crippen LogP contribution in [-0.4, -0.2) is 36.0 Å². The molecule has 7 heteroatoms. The first-order chi connectivity index (χ1) is 10.9. The molecule has 4 nitrogen and oxygen atoms in total. The lowest BCUT2D eigenvalue weighted by molar-refractivity contribution is -0.137. The first-order valence-corrected chi connectivity index (χ1v) is 7.53. The highest BCUT2D eigenvalue weighted by Crippen LogP contribution is 2.32. The molecule has 126 valence electrons. The number of carbonyl (C=O) groups is 1. The summed E-state index contributed by atoms with van der Waals surface area (Å²) in [4.78, 5) is 11.8. The summed E-state index contributed by atoms with van der Waals surface area (Å²) in [6.07, 6.45) is -4.77. The van der Waals surface area contributed by atoms with E-state index in [0.29, 0.717) is 6.42 Å². The van der Waals surface area contributed by atoms with Crippen LogP contribution in [0.4, 0.5) is 13.2 Å². The SMILES string of the molecule is CCOC(=O)C1=NN(CCCC(F)(F)F)C(c2ccccc2)C1. The molecule has 1 unspecified atom stereocenters. The van der Waals surface area contributed by atoms with Crippen molar-refractivity contribution in [1.82, 2.24) is 5.01 Å². The highest BCUT2D eigenvalue weighted by atomic mass is 19.4. The van der Waals surface area contributed by atoms with Crippen LogP contribution in [0.15, 0.2) is 35.4 Å². The van der Waals surface area contributed by atoms with E-state index in [2.05, 4.69) is 5.10 Å². The molecular formula is C16H19F3N2O2. The second-order valence-electron chi connectivity index (χ2n) is 5.28. The lowest BCUT2D eigenvalue weighted by atomic mass is 10.0. The molecule has 0 amide bonds. The fourth-order valence-corrected chi connectivity index (χ4v) is 2.51. The van der Waals surface area contributed by atoms with Gasteiger partial charge in [0.05, 0.1) is 12.6 Å². The Kier molecular flexibility index (Phi) is 5.63. The molecule has 1 heterocycles. The van der Waals surface area contributed by atoms with E-state index in [1.54, 1.807) is 11.9 Å². The molecule has 23 heavy (non-hydrogen) atoms. The van der Waals surface area contributed by atoms with Crippen LogP contribution in [0.3, 0.4) is 0 Å². The first kappa shape index (κ1) is 17.3. The van der Waals surface area contributed by atoms with Crippen LogP contribution < -0.4 is 0 Å². The number of rotatable bonds is 6. The largest absolute Gasteiger partial charge is 0.461 e. The lowest BCUT2D eigenvalue weighted by Gasteiger charge is -2.24. The molecule has 0 aromatic heterocycles. The topological polar surface area (TPSA) is 41.9 Å². The highest BCUT2D eigenvalue weighted by molar-refractivity contribution is 6.36. The maximum atomic E-state index is 12.3. The molecule has 1 aromatic carbocycles. The number of nitrogens with zero attached hydrogens (tertiary/aromatic N) is 2. The maximum absolute atomic E-state index is 12.3. The Morgan fingerprint density at radius 2 is 2.04 bits per heavy atom. The molecule has 2 rings (SSSR count). The van der Waals surface area contributed by atoms with Crippen LogP contribution in [0.1, 0.15) is 37.8 Å². The summed E-state index contributed by atoms with van der Waals surface area (Å²) in [6, 6.07) is 9.09. The van der Waals surface area contributed by atoms with Crippen LogP contribution in [0.5, 0.6) is 0 Å². The van der Waals surface area contributed by atoms with Crippen molar-refractivity contribution in [3.63, 3.8) is 0 Å². The molecule has 0 bridgehead atoms. The Balaban J connectivity index is 2.09. The third-order valence-electron chi connectivity index (χ3n) is 3.54. The lowest BCUT2D eigenvalue weighted by Crippen LogP contribution is -2.22. The Bertz CT molecular complexity index is 558. The Labute approximate surface area is 132 Å². The second-order valence-corrected chi connectivity index (χ2v) is 5.28. The van der Waals surface area contributed by atoms with Crippen LogP contribution >= 0.6 is 0 Å². The van der Waals surface area contributed by atoms with Gasteiger partial charge >= 0.3 is 12.1 Å². The minimum atomic E-state index is -4.18. The summed E-state index contributed by atoms with van der Waals surface area (Å²) < 4.78 is 41.9. The molecule has 0 saturated carbocycles. The minimum absolute atomic E-state index is 0.0631. The number of halogens is 3. The zero-order valence-corrected chi connectivity index (χ0v) is 12.8. The average Bonchev–Trinajstić information content (AvgIpc) is 2.91. The summed E-state index contributed by atoms with van der Waals surface area (Å²) in [5.41, 5.74) is 1.18. The third kappa shape index (κ3) is 4.97. The summed E-state index contributed by atoms with van der Waals surface area (Å²) in [6.45, 7) is 2.08. The molecule has 1 aliphatic heterocycles. The van der Waals surface area contributed by atoms with E-state index < -0.39 is 18.6 Å². The van der Waals surface area contributed by atoms with Crippen LogP contribution in [0.2, 0.25) is 0 Å². The molecule has 0 aliphatic carbocycles.